The first-order valence-electron chi connectivity index (χ1n) is 6.34. The van der Waals surface area contributed by atoms with Gasteiger partial charge in [0, 0.05) is 15.4 Å². The Kier molecular flexibility index (Phi) is 3.68. The Hall–Kier alpha value is -2.60. The van der Waals surface area contributed by atoms with Crippen LogP contribution in [0.4, 0.5) is 4.79 Å². The lowest BCUT2D eigenvalue weighted by Gasteiger charge is -2.12. The minimum absolute atomic E-state index is 0.127. The molecule has 3 rings (SSSR count). The van der Waals surface area contributed by atoms with Crippen LogP contribution < -0.4 is 4.74 Å². The molecule has 0 aliphatic heterocycles. The van der Waals surface area contributed by atoms with Gasteiger partial charge >= 0.3 is 6.16 Å². The van der Waals surface area contributed by atoms with E-state index >= 15 is 0 Å². The number of rotatable bonds is 2. The molecule has 0 atom stereocenters. The van der Waals surface area contributed by atoms with Gasteiger partial charge in [-0.3, -0.25) is 0 Å². The highest BCUT2D eigenvalue weighted by Gasteiger charge is 2.19. The van der Waals surface area contributed by atoms with Gasteiger partial charge in [0.05, 0.1) is 5.52 Å². The molecule has 22 heavy (non-hydrogen) atoms. The van der Waals surface area contributed by atoms with Gasteiger partial charge in [-0.05, 0) is 18.2 Å². The SMILES string of the molecule is O=C(O)Oc1c(O)c(-c2ccccc2)nc2ccc(Br)cc12. The monoisotopic (exact) mass is 359 g/mol. The number of ether oxygens (including phenoxy) is 1. The fourth-order valence-corrected chi connectivity index (χ4v) is 2.55. The molecule has 0 saturated carbocycles. The van der Waals surface area contributed by atoms with Gasteiger partial charge in [0.15, 0.2) is 11.5 Å². The Balaban J connectivity index is 2.33. The normalized spacial score (nSPS) is 10.6. The highest BCUT2D eigenvalue weighted by atomic mass is 79.9. The van der Waals surface area contributed by atoms with E-state index in [1.807, 2.05) is 6.07 Å². The molecule has 0 amide bonds. The molecule has 0 radical (unpaired) electrons. The number of hydrogen-bond acceptors (Lipinski definition) is 4. The summed E-state index contributed by atoms with van der Waals surface area (Å²) in [7, 11) is 0. The molecule has 3 aromatic rings. The van der Waals surface area contributed by atoms with Gasteiger partial charge in [0.1, 0.15) is 5.69 Å². The zero-order valence-corrected chi connectivity index (χ0v) is 12.7. The Labute approximate surface area is 133 Å². The third-order valence-electron chi connectivity index (χ3n) is 3.11. The summed E-state index contributed by atoms with van der Waals surface area (Å²) in [6, 6.07) is 14.2. The summed E-state index contributed by atoms with van der Waals surface area (Å²) in [5.41, 5.74) is 1.46. The lowest BCUT2D eigenvalue weighted by molar-refractivity contribution is 0.143. The third kappa shape index (κ3) is 2.60. The van der Waals surface area contributed by atoms with Crippen molar-refractivity contribution >= 4 is 33.0 Å². The van der Waals surface area contributed by atoms with Gasteiger partial charge in [-0.15, -0.1) is 0 Å². The third-order valence-corrected chi connectivity index (χ3v) is 3.60. The maximum Gasteiger partial charge on any atom is 0.511 e. The largest absolute Gasteiger partial charge is 0.511 e. The summed E-state index contributed by atoms with van der Waals surface area (Å²) < 4.78 is 5.51. The number of aromatic hydroxyl groups is 1. The maximum absolute atomic E-state index is 10.9. The molecule has 1 heterocycles. The van der Waals surface area contributed by atoms with Crippen LogP contribution >= 0.6 is 15.9 Å². The first-order valence-corrected chi connectivity index (χ1v) is 7.14. The molecule has 0 unspecified atom stereocenters. The van der Waals surface area contributed by atoms with Crippen LogP contribution in [0, 0.1) is 0 Å². The predicted octanol–water partition coefficient (Wildman–Crippen LogP) is 4.43. The van der Waals surface area contributed by atoms with Crippen LogP contribution in [-0.4, -0.2) is 21.4 Å². The van der Waals surface area contributed by atoms with Gasteiger partial charge in [-0.25, -0.2) is 9.78 Å². The molecule has 0 aliphatic rings. The lowest BCUT2D eigenvalue weighted by atomic mass is 10.1. The molecule has 0 bridgehead atoms. The van der Waals surface area contributed by atoms with E-state index < -0.39 is 6.16 Å². The minimum atomic E-state index is -1.50. The lowest BCUT2D eigenvalue weighted by Crippen LogP contribution is -2.05. The van der Waals surface area contributed by atoms with E-state index in [4.69, 9.17) is 9.84 Å². The van der Waals surface area contributed by atoms with Crippen LogP contribution in [0.25, 0.3) is 22.2 Å². The summed E-state index contributed by atoms with van der Waals surface area (Å²) >= 11 is 3.31. The van der Waals surface area contributed by atoms with E-state index in [2.05, 4.69) is 20.9 Å². The first-order chi connectivity index (χ1) is 10.6. The van der Waals surface area contributed by atoms with Crippen molar-refractivity contribution in [2.45, 2.75) is 0 Å². The predicted molar refractivity (Wildman–Crippen MR) is 85.2 cm³/mol. The Morgan fingerprint density at radius 1 is 1.14 bits per heavy atom. The summed E-state index contributed by atoms with van der Waals surface area (Å²) in [5, 5.41) is 19.7. The van der Waals surface area contributed by atoms with Gasteiger partial charge < -0.3 is 14.9 Å². The molecule has 0 saturated heterocycles. The van der Waals surface area contributed by atoms with Gasteiger partial charge in [0.2, 0.25) is 0 Å². The van der Waals surface area contributed by atoms with E-state index in [0.29, 0.717) is 16.5 Å². The summed E-state index contributed by atoms with van der Waals surface area (Å²) in [4.78, 5) is 15.3. The molecule has 5 nitrogen and oxygen atoms in total. The fourth-order valence-electron chi connectivity index (χ4n) is 2.18. The second-order valence-corrected chi connectivity index (χ2v) is 5.45. The molecule has 110 valence electrons. The van der Waals surface area contributed by atoms with Crippen LogP contribution in [0.2, 0.25) is 0 Å². The Morgan fingerprint density at radius 3 is 2.55 bits per heavy atom. The summed E-state index contributed by atoms with van der Waals surface area (Å²) in [6.45, 7) is 0. The number of nitrogens with zero attached hydrogens (tertiary/aromatic N) is 1. The van der Waals surface area contributed by atoms with E-state index in [1.165, 1.54) is 0 Å². The molecule has 1 aromatic heterocycles. The number of carboxylic acid groups (broad SMARTS) is 1. The summed E-state index contributed by atoms with van der Waals surface area (Å²) in [6.07, 6.45) is -1.50. The van der Waals surface area contributed by atoms with E-state index in [-0.39, 0.29) is 17.2 Å². The van der Waals surface area contributed by atoms with Crippen LogP contribution in [0.15, 0.2) is 53.0 Å². The average Bonchev–Trinajstić information content (AvgIpc) is 2.51. The molecule has 6 heteroatoms. The van der Waals surface area contributed by atoms with Crippen LogP contribution in [0.5, 0.6) is 11.5 Å². The van der Waals surface area contributed by atoms with Crippen molar-refractivity contribution in [3.05, 3.63) is 53.0 Å². The number of fused-ring (bicyclic) bond motifs is 1. The second kappa shape index (κ2) is 5.65. The fraction of sp³-hybridized carbons (Fsp3) is 0. The van der Waals surface area contributed by atoms with Gasteiger partial charge in [0.25, 0.3) is 0 Å². The molecular formula is C16H10BrNO4. The summed E-state index contributed by atoms with van der Waals surface area (Å²) in [5.74, 6) is -0.433. The highest BCUT2D eigenvalue weighted by molar-refractivity contribution is 9.10. The number of pyridine rings is 1. The second-order valence-electron chi connectivity index (χ2n) is 4.53. The molecular weight excluding hydrogens is 350 g/mol. The van der Waals surface area contributed by atoms with Gasteiger partial charge in [-0.1, -0.05) is 46.3 Å². The van der Waals surface area contributed by atoms with Crippen LogP contribution in [-0.2, 0) is 0 Å². The van der Waals surface area contributed by atoms with Gasteiger partial charge in [-0.2, -0.15) is 0 Å². The number of aromatic nitrogens is 1. The quantitative estimate of drug-likeness (QED) is 0.661. The standard InChI is InChI=1S/C16H10BrNO4/c17-10-6-7-12-11(8-10)15(22-16(20)21)14(19)13(18-12)9-4-2-1-3-5-9/h1-8,19H,(H,20,21). The number of benzene rings is 2. The zero-order chi connectivity index (χ0) is 15.7. The topological polar surface area (TPSA) is 79.7 Å². The van der Waals surface area contributed by atoms with Crippen LogP contribution in [0.3, 0.4) is 0 Å². The van der Waals surface area contributed by atoms with Crippen molar-refractivity contribution in [1.29, 1.82) is 0 Å². The van der Waals surface area contributed by atoms with Crippen molar-refractivity contribution in [3.8, 4) is 22.8 Å². The maximum atomic E-state index is 10.9. The number of halogens is 1. The molecule has 2 N–H and O–H groups in total. The number of carbonyl (C=O) groups is 1. The number of hydrogen-bond donors (Lipinski definition) is 2. The average molecular weight is 360 g/mol. The Morgan fingerprint density at radius 2 is 1.86 bits per heavy atom. The van der Waals surface area contributed by atoms with Crippen molar-refractivity contribution in [2.75, 3.05) is 0 Å². The van der Waals surface area contributed by atoms with Crippen molar-refractivity contribution in [3.63, 3.8) is 0 Å². The molecule has 0 aliphatic carbocycles. The van der Waals surface area contributed by atoms with E-state index in [1.54, 1.807) is 42.5 Å². The van der Waals surface area contributed by atoms with Crippen molar-refractivity contribution in [1.82, 2.24) is 4.98 Å². The molecule has 0 spiro atoms. The zero-order valence-electron chi connectivity index (χ0n) is 11.2. The smallest absolute Gasteiger partial charge is 0.503 e. The van der Waals surface area contributed by atoms with Crippen molar-refractivity contribution in [2.24, 2.45) is 0 Å². The van der Waals surface area contributed by atoms with Crippen LogP contribution in [0.1, 0.15) is 0 Å². The molecule has 0 fully saturated rings. The van der Waals surface area contributed by atoms with Crippen molar-refractivity contribution < 1.29 is 19.7 Å². The van der Waals surface area contributed by atoms with E-state index in [0.717, 1.165) is 4.47 Å². The van der Waals surface area contributed by atoms with E-state index in [9.17, 15) is 9.90 Å². The molecule has 2 aromatic carbocycles. The first kappa shape index (κ1) is 14.3. The highest BCUT2D eigenvalue weighted by Crippen LogP contribution is 2.41. The Bertz CT molecular complexity index is 865. The minimum Gasteiger partial charge on any atom is -0.503 e.